The van der Waals surface area contributed by atoms with E-state index in [1.807, 2.05) is 0 Å². The molecule has 0 aliphatic heterocycles. The Kier molecular flexibility index (Phi) is 4.81. The molecule has 0 fully saturated rings. The number of sulfonamides is 1. The normalized spacial score (nSPS) is 11.4. The zero-order valence-electron chi connectivity index (χ0n) is 10.4. The topological polar surface area (TPSA) is 85.1 Å². The van der Waals surface area contributed by atoms with Crippen molar-refractivity contribution in [3.63, 3.8) is 0 Å². The third kappa shape index (κ3) is 4.07. The second-order valence-corrected chi connectivity index (χ2v) is 7.05. The standard InChI is InChI=1S/C12H13N3O2S3/c13-12(18)11-4-2-1-3-9(11)7-20(16,17)15-5-10-6-19-8-14-10/h1-4,6,8,15H,5,7H2,(H2,13,18). The van der Waals surface area contributed by atoms with Crippen LogP contribution in [0.2, 0.25) is 0 Å². The van der Waals surface area contributed by atoms with Crippen LogP contribution in [-0.2, 0) is 22.3 Å². The maximum Gasteiger partial charge on any atom is 0.216 e. The molecule has 0 unspecified atom stereocenters. The molecule has 0 saturated heterocycles. The van der Waals surface area contributed by atoms with Crippen LogP contribution in [0.1, 0.15) is 16.8 Å². The molecule has 2 rings (SSSR count). The molecule has 2 aromatic rings. The lowest BCUT2D eigenvalue weighted by Gasteiger charge is -2.09. The van der Waals surface area contributed by atoms with Gasteiger partial charge in [0.1, 0.15) is 4.99 Å². The Morgan fingerprint density at radius 2 is 2.15 bits per heavy atom. The van der Waals surface area contributed by atoms with Gasteiger partial charge in [0.05, 0.1) is 23.5 Å². The number of hydrogen-bond acceptors (Lipinski definition) is 5. The Labute approximate surface area is 126 Å². The Morgan fingerprint density at radius 3 is 2.80 bits per heavy atom. The Balaban J connectivity index is 2.10. The summed E-state index contributed by atoms with van der Waals surface area (Å²) in [6.07, 6.45) is 0. The third-order valence-electron chi connectivity index (χ3n) is 2.59. The Morgan fingerprint density at radius 1 is 1.40 bits per heavy atom. The first kappa shape index (κ1) is 15.0. The largest absolute Gasteiger partial charge is 0.389 e. The van der Waals surface area contributed by atoms with Crippen LogP contribution in [0.15, 0.2) is 35.2 Å². The number of thiazole rings is 1. The van der Waals surface area contributed by atoms with Gasteiger partial charge < -0.3 is 5.73 Å². The zero-order chi connectivity index (χ0) is 14.6. The van der Waals surface area contributed by atoms with Crippen LogP contribution in [-0.4, -0.2) is 18.4 Å². The van der Waals surface area contributed by atoms with Gasteiger partial charge in [0.25, 0.3) is 0 Å². The fourth-order valence-corrected chi connectivity index (χ4v) is 3.54. The van der Waals surface area contributed by atoms with Gasteiger partial charge in [0.15, 0.2) is 0 Å². The molecule has 0 aliphatic rings. The van der Waals surface area contributed by atoms with E-state index in [0.29, 0.717) is 16.8 Å². The van der Waals surface area contributed by atoms with Gasteiger partial charge in [-0.05, 0) is 5.56 Å². The molecular formula is C12H13N3O2S3. The van der Waals surface area contributed by atoms with Crippen molar-refractivity contribution in [2.75, 3.05) is 0 Å². The van der Waals surface area contributed by atoms with Gasteiger partial charge >= 0.3 is 0 Å². The van der Waals surface area contributed by atoms with E-state index in [2.05, 4.69) is 9.71 Å². The molecule has 8 heteroatoms. The Hall–Kier alpha value is -1.35. The second kappa shape index (κ2) is 6.40. The summed E-state index contributed by atoms with van der Waals surface area (Å²) in [5, 5.41) is 1.80. The van der Waals surface area contributed by atoms with E-state index < -0.39 is 10.0 Å². The average molecular weight is 327 g/mol. The molecule has 1 aromatic carbocycles. The van der Waals surface area contributed by atoms with Crippen LogP contribution >= 0.6 is 23.6 Å². The SMILES string of the molecule is NC(=S)c1ccccc1CS(=O)(=O)NCc1cscn1. The van der Waals surface area contributed by atoms with Crippen LogP contribution in [0.4, 0.5) is 0 Å². The highest BCUT2D eigenvalue weighted by Crippen LogP contribution is 2.12. The smallest absolute Gasteiger partial charge is 0.216 e. The van der Waals surface area contributed by atoms with Crippen LogP contribution < -0.4 is 10.5 Å². The quantitative estimate of drug-likeness (QED) is 0.783. The molecule has 0 aliphatic carbocycles. The monoisotopic (exact) mass is 327 g/mol. The summed E-state index contributed by atoms with van der Waals surface area (Å²) >= 11 is 6.34. The zero-order valence-corrected chi connectivity index (χ0v) is 12.9. The first-order valence-corrected chi connectivity index (χ1v) is 8.70. The summed E-state index contributed by atoms with van der Waals surface area (Å²) in [6, 6.07) is 6.95. The minimum Gasteiger partial charge on any atom is -0.389 e. The molecule has 106 valence electrons. The van der Waals surface area contributed by atoms with Crippen LogP contribution in [0.5, 0.6) is 0 Å². The lowest BCUT2D eigenvalue weighted by atomic mass is 10.1. The van der Waals surface area contributed by atoms with Gasteiger partial charge in [-0.3, -0.25) is 0 Å². The van der Waals surface area contributed by atoms with Crippen molar-refractivity contribution >= 4 is 38.6 Å². The van der Waals surface area contributed by atoms with E-state index >= 15 is 0 Å². The van der Waals surface area contributed by atoms with Crippen molar-refractivity contribution in [1.82, 2.24) is 9.71 Å². The summed E-state index contributed by atoms with van der Waals surface area (Å²) in [7, 11) is -3.47. The van der Waals surface area contributed by atoms with Gasteiger partial charge in [-0.15, -0.1) is 11.3 Å². The van der Waals surface area contributed by atoms with Crippen molar-refractivity contribution in [3.05, 3.63) is 52.0 Å². The summed E-state index contributed by atoms with van der Waals surface area (Å²) in [6.45, 7) is 0.182. The van der Waals surface area contributed by atoms with Crippen molar-refractivity contribution in [2.24, 2.45) is 5.73 Å². The molecule has 0 amide bonds. The summed E-state index contributed by atoms with van der Waals surface area (Å²) in [5.41, 5.74) is 9.12. The number of nitrogens with one attached hydrogen (secondary N) is 1. The van der Waals surface area contributed by atoms with E-state index in [0.717, 1.165) is 0 Å². The minimum atomic E-state index is -3.47. The minimum absolute atomic E-state index is 0.162. The van der Waals surface area contributed by atoms with Crippen LogP contribution in [0.3, 0.4) is 0 Å². The van der Waals surface area contributed by atoms with Crippen molar-refractivity contribution in [3.8, 4) is 0 Å². The highest BCUT2D eigenvalue weighted by molar-refractivity contribution is 7.88. The molecule has 20 heavy (non-hydrogen) atoms. The maximum absolute atomic E-state index is 12.1. The van der Waals surface area contributed by atoms with E-state index in [1.54, 1.807) is 35.2 Å². The molecular weight excluding hydrogens is 314 g/mol. The van der Waals surface area contributed by atoms with Gasteiger partial charge in [-0.2, -0.15) is 0 Å². The molecule has 0 spiro atoms. The van der Waals surface area contributed by atoms with E-state index in [1.165, 1.54) is 11.3 Å². The Bertz CT molecular complexity index is 696. The van der Waals surface area contributed by atoms with Crippen LogP contribution in [0.25, 0.3) is 0 Å². The number of benzene rings is 1. The van der Waals surface area contributed by atoms with Gasteiger partial charge in [0.2, 0.25) is 10.0 Å². The van der Waals surface area contributed by atoms with Crippen molar-refractivity contribution < 1.29 is 8.42 Å². The van der Waals surface area contributed by atoms with Gasteiger partial charge in [-0.1, -0.05) is 36.5 Å². The fourth-order valence-electron chi connectivity index (χ4n) is 1.65. The molecule has 0 atom stereocenters. The lowest BCUT2D eigenvalue weighted by molar-refractivity contribution is 0.579. The second-order valence-electron chi connectivity index (χ2n) is 4.08. The van der Waals surface area contributed by atoms with Crippen molar-refractivity contribution in [2.45, 2.75) is 12.3 Å². The van der Waals surface area contributed by atoms with Gasteiger partial charge in [-0.25, -0.2) is 18.1 Å². The predicted molar refractivity (Wildman–Crippen MR) is 83.9 cm³/mol. The molecule has 1 aromatic heterocycles. The first-order chi connectivity index (χ1) is 9.48. The van der Waals surface area contributed by atoms with E-state index in [9.17, 15) is 8.42 Å². The summed E-state index contributed by atoms with van der Waals surface area (Å²) < 4.78 is 26.6. The third-order valence-corrected chi connectivity index (χ3v) is 4.72. The molecule has 3 N–H and O–H groups in total. The number of nitrogens with zero attached hydrogens (tertiary/aromatic N) is 1. The number of aromatic nitrogens is 1. The lowest BCUT2D eigenvalue weighted by Crippen LogP contribution is -2.26. The molecule has 1 heterocycles. The molecule has 0 saturated carbocycles. The first-order valence-electron chi connectivity index (χ1n) is 5.70. The molecule has 5 nitrogen and oxygen atoms in total. The van der Waals surface area contributed by atoms with Crippen molar-refractivity contribution in [1.29, 1.82) is 0 Å². The van der Waals surface area contributed by atoms with Crippen LogP contribution in [0, 0.1) is 0 Å². The average Bonchev–Trinajstić information content (AvgIpc) is 2.89. The molecule has 0 bridgehead atoms. The summed E-state index contributed by atoms with van der Waals surface area (Å²) in [4.78, 5) is 4.21. The van der Waals surface area contributed by atoms with E-state index in [-0.39, 0.29) is 17.3 Å². The highest BCUT2D eigenvalue weighted by Gasteiger charge is 2.15. The predicted octanol–water partition coefficient (Wildman–Crippen LogP) is 1.40. The maximum atomic E-state index is 12.1. The molecule has 0 radical (unpaired) electrons. The summed E-state index contributed by atoms with van der Waals surface area (Å²) in [5.74, 6) is -0.162. The number of nitrogens with two attached hydrogens (primary N) is 1. The number of thiocarbonyl (C=S) groups is 1. The van der Waals surface area contributed by atoms with Gasteiger partial charge in [0, 0.05) is 10.9 Å². The highest BCUT2D eigenvalue weighted by atomic mass is 32.2. The fraction of sp³-hybridized carbons (Fsp3) is 0.167. The number of hydrogen-bond donors (Lipinski definition) is 2. The van der Waals surface area contributed by atoms with E-state index in [4.69, 9.17) is 18.0 Å². The number of rotatable bonds is 6.